The molecule has 31 heavy (non-hydrogen) atoms. The molecule has 2 aromatic rings. The zero-order chi connectivity index (χ0) is 21.6. The summed E-state index contributed by atoms with van der Waals surface area (Å²) in [6.45, 7) is 12.0. The first kappa shape index (κ1) is 26.2. The average Bonchev–Trinajstić information content (AvgIpc) is 2.72. The van der Waals surface area contributed by atoms with E-state index in [0.29, 0.717) is 0 Å². The van der Waals surface area contributed by atoms with Crippen LogP contribution in [0.1, 0.15) is 62.1 Å². The molecule has 2 aliphatic rings. The molecule has 1 saturated heterocycles. The van der Waals surface area contributed by atoms with E-state index in [1.54, 1.807) is 0 Å². The summed E-state index contributed by atoms with van der Waals surface area (Å²) in [7, 11) is 0. The van der Waals surface area contributed by atoms with Crippen LogP contribution >= 0.6 is 0 Å². The number of likely N-dealkylation sites (N-methyl/N-ethyl adjacent to an activating group) is 1. The molecule has 1 aliphatic carbocycles. The molecule has 2 aromatic carbocycles. The number of carbonyl (C=O) groups excluding carboxylic acids is 1. The van der Waals surface area contributed by atoms with Crippen LogP contribution in [0.3, 0.4) is 0 Å². The molecule has 0 spiro atoms. The molecular weight excluding hydrogens is 457 g/mol. The van der Waals surface area contributed by atoms with Gasteiger partial charge in [0.05, 0.1) is 19.6 Å². The van der Waals surface area contributed by atoms with Crippen molar-refractivity contribution in [1.82, 2.24) is 0 Å². The Morgan fingerprint density at radius 1 is 0.871 bits per heavy atom. The maximum absolute atomic E-state index is 13.4. The van der Waals surface area contributed by atoms with Crippen molar-refractivity contribution in [3.05, 3.63) is 65.2 Å². The summed E-state index contributed by atoms with van der Waals surface area (Å²) in [5.41, 5.74) is 4.49. The van der Waals surface area contributed by atoms with Gasteiger partial charge in [0.25, 0.3) is 5.91 Å². The number of quaternary nitrogens is 1. The molecule has 165 valence electrons. The summed E-state index contributed by atoms with van der Waals surface area (Å²) in [5, 5.41) is 3.32. The Morgan fingerprint density at radius 2 is 1.45 bits per heavy atom. The summed E-state index contributed by atoms with van der Waals surface area (Å²) in [5.74, 6) is 0.268. The fourth-order valence-electron chi connectivity index (χ4n) is 5.37. The number of piperidine rings is 1. The standard InChI is InChI=1S/C20H30N2O.C7H8.Y/c1-4-22(14-6-5-7-15-22)20(12-9-13-20)19(23)21-18-16(2)10-8-11-17(18)3;1-7-5-3-2-4-6-7;/h8,10-11H,4-7,9,12-15H2,1-3H3;2-6H,1H3;/p+1. The van der Waals surface area contributed by atoms with Gasteiger partial charge < -0.3 is 9.80 Å². The first-order valence-electron chi connectivity index (χ1n) is 11.7. The molecule has 1 aliphatic heterocycles. The van der Waals surface area contributed by atoms with E-state index < -0.39 is 0 Å². The second-order valence-corrected chi connectivity index (χ2v) is 9.23. The number of para-hydroxylation sites is 1. The van der Waals surface area contributed by atoms with Gasteiger partial charge in [0.1, 0.15) is 0 Å². The van der Waals surface area contributed by atoms with Crippen molar-refractivity contribution in [2.75, 3.05) is 25.0 Å². The smallest absolute Gasteiger partial charge is 0.285 e. The minimum atomic E-state index is -0.177. The van der Waals surface area contributed by atoms with Crippen molar-refractivity contribution in [3.8, 4) is 0 Å². The third-order valence-electron chi connectivity index (χ3n) is 7.45. The molecule has 3 nitrogen and oxygen atoms in total. The molecular formula is C27H39N2OY+. The third kappa shape index (κ3) is 5.67. The van der Waals surface area contributed by atoms with Crippen molar-refractivity contribution in [2.45, 2.75) is 71.8 Å². The van der Waals surface area contributed by atoms with E-state index in [9.17, 15) is 4.79 Å². The van der Waals surface area contributed by atoms with Gasteiger partial charge in [0.2, 0.25) is 0 Å². The molecule has 4 rings (SSSR count). The topological polar surface area (TPSA) is 29.1 Å². The van der Waals surface area contributed by atoms with Crippen LogP contribution in [0.4, 0.5) is 5.69 Å². The Bertz CT molecular complexity index is 819. The number of nitrogens with one attached hydrogen (secondary N) is 1. The molecule has 1 amide bonds. The van der Waals surface area contributed by atoms with Crippen LogP contribution in [-0.2, 0) is 37.5 Å². The van der Waals surface area contributed by atoms with Gasteiger partial charge in [-0.2, -0.15) is 0 Å². The van der Waals surface area contributed by atoms with Crippen LogP contribution in [-0.4, -0.2) is 35.6 Å². The largest absolute Gasteiger partial charge is 0.320 e. The molecule has 2 fully saturated rings. The van der Waals surface area contributed by atoms with Gasteiger partial charge in [-0.1, -0.05) is 54.1 Å². The van der Waals surface area contributed by atoms with E-state index in [2.05, 4.69) is 63.3 Å². The van der Waals surface area contributed by atoms with Crippen LogP contribution in [0.5, 0.6) is 0 Å². The van der Waals surface area contributed by atoms with Crippen molar-refractivity contribution < 1.29 is 42.0 Å². The number of anilines is 1. The Kier molecular flexibility index (Phi) is 9.92. The number of nitrogens with zero attached hydrogens (tertiary/aromatic N) is 1. The molecule has 1 heterocycles. The summed E-state index contributed by atoms with van der Waals surface area (Å²) in [4.78, 5) is 13.4. The number of rotatable bonds is 4. The van der Waals surface area contributed by atoms with E-state index in [1.165, 1.54) is 44.3 Å². The molecule has 0 unspecified atom stereocenters. The maximum Gasteiger partial charge on any atom is 0.285 e. The number of hydrogen-bond acceptors (Lipinski definition) is 1. The molecule has 0 atom stereocenters. The predicted molar refractivity (Wildman–Crippen MR) is 127 cm³/mol. The molecule has 1 radical (unpaired) electrons. The maximum atomic E-state index is 13.4. The Labute approximate surface area is 214 Å². The SMILES string of the molecule is CC[N+]1(C2(C(=O)Nc3c(C)cccc3C)CCC2)CCCCC1.Cc1ccccc1.[Y]. The van der Waals surface area contributed by atoms with E-state index in [1.807, 2.05) is 18.2 Å². The minimum absolute atomic E-state index is 0. The van der Waals surface area contributed by atoms with Gasteiger partial charge in [-0.25, -0.2) is 0 Å². The second kappa shape index (κ2) is 11.7. The van der Waals surface area contributed by atoms with Gasteiger partial charge in [-0.3, -0.25) is 4.79 Å². The molecule has 4 heteroatoms. The van der Waals surface area contributed by atoms with Crippen molar-refractivity contribution in [2.24, 2.45) is 0 Å². The third-order valence-corrected chi connectivity index (χ3v) is 7.45. The quantitative estimate of drug-likeness (QED) is 0.504. The number of benzene rings is 2. The zero-order valence-corrected chi connectivity index (χ0v) is 22.8. The Morgan fingerprint density at radius 3 is 1.87 bits per heavy atom. The monoisotopic (exact) mass is 496 g/mol. The van der Waals surface area contributed by atoms with E-state index in [-0.39, 0.29) is 44.2 Å². The first-order chi connectivity index (χ1) is 14.4. The van der Waals surface area contributed by atoms with Crippen molar-refractivity contribution in [3.63, 3.8) is 0 Å². The number of aryl methyl sites for hydroxylation is 3. The van der Waals surface area contributed by atoms with Crippen LogP contribution in [0.25, 0.3) is 0 Å². The summed E-state index contributed by atoms with van der Waals surface area (Å²) < 4.78 is 1.02. The number of likely N-dealkylation sites (tertiary alicyclic amines) is 1. The first-order valence-corrected chi connectivity index (χ1v) is 11.7. The van der Waals surface area contributed by atoms with Crippen LogP contribution in [0, 0.1) is 20.8 Å². The predicted octanol–water partition coefficient (Wildman–Crippen LogP) is 6.18. The van der Waals surface area contributed by atoms with E-state index >= 15 is 0 Å². The number of hydrogen-bond donors (Lipinski definition) is 1. The summed E-state index contributed by atoms with van der Waals surface area (Å²) in [6.07, 6.45) is 7.17. The zero-order valence-electron chi connectivity index (χ0n) is 19.9. The molecule has 1 saturated carbocycles. The Balaban J connectivity index is 0.000000364. The van der Waals surface area contributed by atoms with Crippen molar-refractivity contribution in [1.29, 1.82) is 0 Å². The normalized spacial score (nSPS) is 18.5. The number of amides is 1. The molecule has 1 N–H and O–H groups in total. The molecule has 0 aromatic heterocycles. The van der Waals surface area contributed by atoms with Gasteiger partial charge in [0.15, 0.2) is 5.54 Å². The fraction of sp³-hybridized carbons (Fsp3) is 0.519. The second-order valence-electron chi connectivity index (χ2n) is 9.23. The van der Waals surface area contributed by atoms with Crippen LogP contribution in [0.15, 0.2) is 48.5 Å². The van der Waals surface area contributed by atoms with E-state index in [4.69, 9.17) is 0 Å². The van der Waals surface area contributed by atoms with Gasteiger partial charge in [-0.15, -0.1) is 0 Å². The van der Waals surface area contributed by atoms with Gasteiger partial charge in [-0.05, 0) is 64.5 Å². The Hall–Kier alpha value is -1.03. The minimum Gasteiger partial charge on any atom is -0.320 e. The van der Waals surface area contributed by atoms with Crippen LogP contribution in [0.2, 0.25) is 0 Å². The fourth-order valence-corrected chi connectivity index (χ4v) is 5.37. The summed E-state index contributed by atoms with van der Waals surface area (Å²) in [6, 6.07) is 16.5. The van der Waals surface area contributed by atoms with Crippen molar-refractivity contribution >= 4 is 11.6 Å². The van der Waals surface area contributed by atoms with E-state index in [0.717, 1.165) is 40.7 Å². The van der Waals surface area contributed by atoms with Gasteiger partial charge >= 0.3 is 0 Å². The molecule has 0 bridgehead atoms. The van der Waals surface area contributed by atoms with Crippen LogP contribution < -0.4 is 5.32 Å². The summed E-state index contributed by atoms with van der Waals surface area (Å²) >= 11 is 0. The van der Waals surface area contributed by atoms with Gasteiger partial charge in [0, 0.05) is 51.2 Å². The number of carbonyl (C=O) groups is 1. The average molecular weight is 497 g/mol.